The highest BCUT2D eigenvalue weighted by Crippen LogP contribution is 2.27. The van der Waals surface area contributed by atoms with Crippen LogP contribution >= 0.6 is 13.5 Å². The van der Waals surface area contributed by atoms with Crippen LogP contribution in [0, 0.1) is 0 Å². The van der Waals surface area contributed by atoms with Gasteiger partial charge in [-0.2, -0.15) is 17.8 Å². The number of hydrogen-bond donors (Lipinski definition) is 2. The van der Waals surface area contributed by atoms with Gasteiger partial charge in [-0.1, -0.05) is 12.1 Å². The zero-order valence-corrected chi connectivity index (χ0v) is 20.4. The van der Waals surface area contributed by atoms with Gasteiger partial charge < -0.3 is 20.1 Å². The van der Waals surface area contributed by atoms with Gasteiger partial charge in [0.05, 0.1) is 42.0 Å². The van der Waals surface area contributed by atoms with Gasteiger partial charge in [-0.05, 0) is 18.2 Å². The molecule has 2 aromatic heterocycles. The second kappa shape index (κ2) is 10.9. The molecule has 2 saturated heterocycles. The smallest absolute Gasteiger partial charge is 0.243 e. The Kier molecular flexibility index (Phi) is 7.96. The van der Waals surface area contributed by atoms with Crippen molar-refractivity contribution in [1.29, 1.82) is 0 Å². The lowest BCUT2D eigenvalue weighted by atomic mass is 10.1. The van der Waals surface area contributed by atoms with Crippen LogP contribution in [-0.2, 0) is 19.5 Å². The van der Waals surface area contributed by atoms with Crippen molar-refractivity contribution in [2.45, 2.75) is 11.0 Å². The number of aromatic nitrogens is 3. The monoisotopic (exact) mass is 504 g/mol. The average Bonchev–Trinajstić information content (AvgIpc) is 2.88. The van der Waals surface area contributed by atoms with Crippen molar-refractivity contribution >= 4 is 40.4 Å². The van der Waals surface area contributed by atoms with Gasteiger partial charge in [0.1, 0.15) is 5.52 Å². The fourth-order valence-corrected chi connectivity index (χ4v) is 5.35. The fourth-order valence-electron chi connectivity index (χ4n) is 3.94. The van der Waals surface area contributed by atoms with Gasteiger partial charge in [-0.15, -0.1) is 0 Å². The Labute approximate surface area is 205 Å². The first-order valence-corrected chi connectivity index (χ1v) is 12.4. The zero-order chi connectivity index (χ0) is 22.7. The van der Waals surface area contributed by atoms with Crippen LogP contribution in [0.4, 0.5) is 5.82 Å². The van der Waals surface area contributed by atoms with E-state index in [-0.39, 0.29) is 24.5 Å². The predicted molar refractivity (Wildman–Crippen MR) is 134 cm³/mol. The quantitative estimate of drug-likeness (QED) is 0.511. The summed E-state index contributed by atoms with van der Waals surface area (Å²) in [6.45, 7) is 4.46. The highest BCUT2D eigenvalue weighted by atomic mass is 32.2. The minimum Gasteiger partial charge on any atom is -0.379 e. The number of hydrogen-bond acceptors (Lipinski definition) is 9. The van der Waals surface area contributed by atoms with E-state index in [4.69, 9.17) is 14.5 Å². The lowest BCUT2D eigenvalue weighted by Gasteiger charge is -2.26. The van der Waals surface area contributed by atoms with Crippen molar-refractivity contribution < 1.29 is 17.9 Å². The topological polar surface area (TPSA) is 119 Å². The molecular weight excluding hydrogens is 476 g/mol. The number of nitrogens with zero attached hydrogens (tertiary/aromatic N) is 4. The molecule has 2 aliphatic rings. The Hall–Kier alpha value is -2.35. The average molecular weight is 505 g/mol. The number of nitrogens with one attached hydrogen (secondary N) is 2. The Morgan fingerprint density at radius 1 is 1.09 bits per heavy atom. The molecule has 0 spiro atoms. The summed E-state index contributed by atoms with van der Waals surface area (Å²) in [5, 5.41) is 6.67. The molecule has 12 heteroatoms. The van der Waals surface area contributed by atoms with E-state index in [2.05, 4.69) is 20.6 Å². The molecule has 0 saturated carbocycles. The summed E-state index contributed by atoms with van der Waals surface area (Å²) in [6, 6.07) is 8.65. The largest absolute Gasteiger partial charge is 0.379 e. The van der Waals surface area contributed by atoms with Crippen molar-refractivity contribution in [3.8, 4) is 11.3 Å². The predicted octanol–water partition coefficient (Wildman–Crippen LogP) is 1.23. The molecule has 2 fully saturated rings. The minimum atomic E-state index is -3.55. The van der Waals surface area contributed by atoms with Gasteiger partial charge in [0.15, 0.2) is 5.82 Å². The lowest BCUT2D eigenvalue weighted by molar-refractivity contribution is 0.0372. The van der Waals surface area contributed by atoms with E-state index >= 15 is 0 Å². The maximum atomic E-state index is 12.9. The van der Waals surface area contributed by atoms with Gasteiger partial charge >= 0.3 is 0 Å². The Balaban J connectivity index is 0.00000274. The number of fused-ring (bicyclic) bond motifs is 1. The van der Waals surface area contributed by atoms with Crippen LogP contribution in [0.15, 0.2) is 47.6 Å². The third-order valence-corrected chi connectivity index (χ3v) is 7.63. The molecule has 0 aliphatic carbocycles. The molecule has 0 radical (unpaired) electrons. The van der Waals surface area contributed by atoms with E-state index in [1.807, 2.05) is 6.07 Å². The third kappa shape index (κ3) is 5.32. The van der Waals surface area contributed by atoms with Gasteiger partial charge in [0.25, 0.3) is 0 Å². The second-order valence-electron chi connectivity index (χ2n) is 7.90. The van der Waals surface area contributed by atoms with Crippen molar-refractivity contribution in [3.63, 3.8) is 0 Å². The third-order valence-electron chi connectivity index (χ3n) is 5.72. The summed E-state index contributed by atoms with van der Waals surface area (Å²) in [5.74, 6) is 0.620. The molecule has 4 heterocycles. The summed E-state index contributed by atoms with van der Waals surface area (Å²) < 4.78 is 38.3. The van der Waals surface area contributed by atoms with Crippen LogP contribution in [0.5, 0.6) is 0 Å². The van der Waals surface area contributed by atoms with Crippen molar-refractivity contribution in [2.75, 3.05) is 57.9 Å². The van der Waals surface area contributed by atoms with Crippen LogP contribution in [0.3, 0.4) is 0 Å². The van der Waals surface area contributed by atoms with Gasteiger partial charge in [0, 0.05) is 50.7 Å². The lowest BCUT2D eigenvalue weighted by Crippen LogP contribution is -2.42. The molecule has 1 aromatic carbocycles. The number of pyridine rings is 1. The molecule has 0 bridgehead atoms. The summed E-state index contributed by atoms with van der Waals surface area (Å²) in [7, 11) is -3.55. The van der Waals surface area contributed by atoms with E-state index in [9.17, 15) is 8.42 Å². The number of benzene rings is 1. The summed E-state index contributed by atoms with van der Waals surface area (Å²) >= 11 is 0. The van der Waals surface area contributed by atoms with Crippen LogP contribution in [0.25, 0.3) is 22.3 Å². The highest BCUT2D eigenvalue weighted by Gasteiger charge is 2.26. The molecule has 2 N–H and O–H groups in total. The second-order valence-corrected chi connectivity index (χ2v) is 9.84. The first kappa shape index (κ1) is 24.8. The van der Waals surface area contributed by atoms with Crippen LogP contribution in [-0.4, -0.2) is 86.3 Å². The van der Waals surface area contributed by atoms with Gasteiger partial charge in [0.2, 0.25) is 10.0 Å². The molecule has 10 nitrogen and oxygen atoms in total. The number of anilines is 1. The fraction of sp³-hybridized carbons (Fsp3) is 0.409. The summed E-state index contributed by atoms with van der Waals surface area (Å²) in [6.07, 6.45) is 3.32. The SMILES string of the molecule is O=S(=O)(c1ccc(-c2cc3nccnc3c(NC[C@@H]3CNCCO3)n2)cc1)N1CCOCC1.S. The van der Waals surface area contributed by atoms with E-state index in [1.54, 1.807) is 36.7 Å². The summed E-state index contributed by atoms with van der Waals surface area (Å²) in [4.78, 5) is 13.9. The molecular formula is C22H28N6O4S2. The normalized spacial score (nSPS) is 19.5. The standard InChI is InChI=1S/C22H26N6O4S.H2S/c29-33(30,28-8-11-31-12-9-28)18-3-1-16(2-4-18)19-13-20-21(25-6-5-24-20)22(27-19)26-15-17-14-23-7-10-32-17;/h1-6,13,17,23H,7-12,14-15H2,(H,26,27);1H2/t17-;/m0./s1. The van der Waals surface area contributed by atoms with E-state index in [1.165, 1.54) is 4.31 Å². The van der Waals surface area contributed by atoms with E-state index in [0.29, 0.717) is 62.0 Å². The molecule has 34 heavy (non-hydrogen) atoms. The summed E-state index contributed by atoms with van der Waals surface area (Å²) in [5.41, 5.74) is 2.86. The first-order chi connectivity index (χ1) is 16.1. The van der Waals surface area contributed by atoms with Crippen LogP contribution < -0.4 is 10.6 Å². The molecule has 2 aliphatic heterocycles. The van der Waals surface area contributed by atoms with Crippen molar-refractivity contribution in [3.05, 3.63) is 42.7 Å². The van der Waals surface area contributed by atoms with Gasteiger partial charge in [-0.25, -0.2) is 18.4 Å². The van der Waals surface area contributed by atoms with Crippen molar-refractivity contribution in [2.24, 2.45) is 0 Å². The van der Waals surface area contributed by atoms with E-state index < -0.39 is 10.0 Å². The Bertz CT molecular complexity index is 1210. The zero-order valence-electron chi connectivity index (χ0n) is 18.6. The highest BCUT2D eigenvalue weighted by molar-refractivity contribution is 7.89. The molecule has 3 aromatic rings. The maximum absolute atomic E-state index is 12.9. The Morgan fingerprint density at radius 3 is 2.59 bits per heavy atom. The number of rotatable bonds is 6. The van der Waals surface area contributed by atoms with Gasteiger partial charge in [-0.3, -0.25) is 4.98 Å². The molecule has 5 rings (SSSR count). The minimum absolute atomic E-state index is 0. The van der Waals surface area contributed by atoms with E-state index in [0.717, 1.165) is 18.7 Å². The van der Waals surface area contributed by atoms with Crippen LogP contribution in [0.2, 0.25) is 0 Å². The van der Waals surface area contributed by atoms with Crippen LogP contribution in [0.1, 0.15) is 0 Å². The number of ether oxygens (including phenoxy) is 2. The van der Waals surface area contributed by atoms with Crippen molar-refractivity contribution in [1.82, 2.24) is 24.6 Å². The number of morpholine rings is 2. The number of sulfonamides is 1. The first-order valence-electron chi connectivity index (χ1n) is 11.0. The molecule has 0 unspecified atom stereocenters. The molecule has 1 atom stereocenters. The molecule has 0 amide bonds. The molecule has 182 valence electrons. The maximum Gasteiger partial charge on any atom is 0.243 e. The Morgan fingerprint density at radius 2 is 1.85 bits per heavy atom.